The van der Waals surface area contributed by atoms with Crippen molar-refractivity contribution in [1.29, 1.82) is 0 Å². The molecule has 118 valence electrons. The second-order valence-electron chi connectivity index (χ2n) is 6.54. The molecule has 0 aromatic rings. The lowest BCUT2D eigenvalue weighted by Crippen LogP contribution is -3.29. The van der Waals surface area contributed by atoms with E-state index in [0.29, 0.717) is 6.61 Å². The first-order chi connectivity index (χ1) is 9.90. The molecular weight excluding hydrogens is 252 g/mol. The Hall–Kier alpha value is -0.160. The minimum atomic E-state index is 0.148. The van der Waals surface area contributed by atoms with Gasteiger partial charge in [0, 0.05) is 0 Å². The fraction of sp³-hybridized carbons (Fsp3) is 1.00. The molecule has 0 aromatic carbocycles. The SMILES string of the molecule is OCCOCC[NH+]1CC[NH+](C2CCCCCCC2)CC1. The highest BCUT2D eigenvalue weighted by Crippen LogP contribution is 2.15. The third kappa shape index (κ3) is 5.68. The van der Waals surface area contributed by atoms with Crippen molar-refractivity contribution in [1.82, 2.24) is 0 Å². The molecule has 2 fully saturated rings. The molecule has 1 saturated heterocycles. The summed E-state index contributed by atoms with van der Waals surface area (Å²) >= 11 is 0. The fourth-order valence-electron chi connectivity index (χ4n) is 3.83. The maximum Gasteiger partial charge on any atom is 0.127 e. The first kappa shape index (κ1) is 16.2. The second kappa shape index (κ2) is 9.72. The van der Waals surface area contributed by atoms with Gasteiger partial charge in [0.1, 0.15) is 32.7 Å². The molecular formula is C16H34N2O2+2. The minimum Gasteiger partial charge on any atom is -0.394 e. The van der Waals surface area contributed by atoms with Crippen molar-refractivity contribution in [3.63, 3.8) is 0 Å². The third-order valence-corrected chi connectivity index (χ3v) is 5.12. The summed E-state index contributed by atoms with van der Waals surface area (Å²) in [7, 11) is 0. The van der Waals surface area contributed by atoms with Gasteiger partial charge in [0.15, 0.2) is 0 Å². The molecule has 1 aliphatic heterocycles. The Labute approximate surface area is 124 Å². The number of nitrogens with one attached hydrogen (secondary N) is 2. The predicted octanol–water partition coefficient (Wildman–Crippen LogP) is -1.11. The Morgan fingerprint density at radius 1 is 0.850 bits per heavy atom. The molecule has 0 amide bonds. The lowest BCUT2D eigenvalue weighted by Gasteiger charge is -2.35. The molecule has 1 saturated carbocycles. The standard InChI is InChI=1S/C16H32N2O2/c19-13-15-20-14-12-17-8-10-18(11-9-17)16-6-4-2-1-3-5-7-16/h16,19H,1-15H2/p+2. The maximum atomic E-state index is 8.69. The van der Waals surface area contributed by atoms with E-state index >= 15 is 0 Å². The molecule has 0 radical (unpaired) electrons. The van der Waals surface area contributed by atoms with Crippen molar-refractivity contribution in [2.24, 2.45) is 0 Å². The van der Waals surface area contributed by atoms with Crippen molar-refractivity contribution < 1.29 is 19.6 Å². The molecule has 0 atom stereocenters. The maximum absolute atomic E-state index is 8.69. The highest BCUT2D eigenvalue weighted by Gasteiger charge is 2.29. The summed E-state index contributed by atoms with van der Waals surface area (Å²) in [6.45, 7) is 7.84. The van der Waals surface area contributed by atoms with Crippen LogP contribution in [0.5, 0.6) is 0 Å². The van der Waals surface area contributed by atoms with Gasteiger partial charge in [0.05, 0.1) is 25.9 Å². The summed E-state index contributed by atoms with van der Waals surface area (Å²) in [6, 6.07) is 0.947. The van der Waals surface area contributed by atoms with E-state index in [9.17, 15) is 0 Å². The quantitative estimate of drug-likeness (QED) is 0.542. The van der Waals surface area contributed by atoms with Crippen LogP contribution in [0.1, 0.15) is 44.9 Å². The van der Waals surface area contributed by atoms with E-state index in [2.05, 4.69) is 0 Å². The number of aliphatic hydroxyl groups excluding tert-OH is 1. The van der Waals surface area contributed by atoms with Gasteiger partial charge in [0.25, 0.3) is 0 Å². The van der Waals surface area contributed by atoms with Crippen LogP contribution in [0.4, 0.5) is 0 Å². The predicted molar refractivity (Wildman–Crippen MR) is 80.3 cm³/mol. The van der Waals surface area contributed by atoms with Gasteiger partial charge in [-0.2, -0.15) is 0 Å². The molecule has 1 aliphatic carbocycles. The molecule has 3 N–H and O–H groups in total. The van der Waals surface area contributed by atoms with E-state index < -0.39 is 0 Å². The lowest BCUT2D eigenvalue weighted by atomic mass is 9.95. The van der Waals surface area contributed by atoms with Gasteiger partial charge < -0.3 is 19.6 Å². The van der Waals surface area contributed by atoms with E-state index in [0.717, 1.165) is 19.2 Å². The van der Waals surface area contributed by atoms with E-state index in [1.807, 2.05) is 4.90 Å². The molecule has 1 heterocycles. The van der Waals surface area contributed by atoms with Crippen LogP contribution in [-0.4, -0.2) is 63.7 Å². The second-order valence-corrected chi connectivity index (χ2v) is 6.54. The largest absolute Gasteiger partial charge is 0.394 e. The van der Waals surface area contributed by atoms with Gasteiger partial charge in [-0.05, 0) is 25.7 Å². The van der Waals surface area contributed by atoms with Crippen molar-refractivity contribution in [3.05, 3.63) is 0 Å². The molecule has 2 aliphatic rings. The van der Waals surface area contributed by atoms with E-state index in [-0.39, 0.29) is 6.61 Å². The smallest absolute Gasteiger partial charge is 0.127 e. The lowest BCUT2D eigenvalue weighted by molar-refractivity contribution is -1.02. The molecule has 4 nitrogen and oxygen atoms in total. The van der Waals surface area contributed by atoms with Crippen LogP contribution in [-0.2, 0) is 4.74 Å². The summed E-state index contributed by atoms with van der Waals surface area (Å²) in [5.74, 6) is 0. The van der Waals surface area contributed by atoms with Crippen LogP contribution in [0.2, 0.25) is 0 Å². The normalized spacial score (nSPS) is 29.9. The summed E-state index contributed by atoms with van der Waals surface area (Å²) in [5.41, 5.74) is 0. The van der Waals surface area contributed by atoms with E-state index in [4.69, 9.17) is 9.84 Å². The zero-order chi connectivity index (χ0) is 14.0. The van der Waals surface area contributed by atoms with Crippen molar-refractivity contribution in [2.45, 2.75) is 51.0 Å². The van der Waals surface area contributed by atoms with Gasteiger partial charge in [-0.3, -0.25) is 0 Å². The number of hydrogen-bond donors (Lipinski definition) is 3. The zero-order valence-corrected chi connectivity index (χ0v) is 13.0. The van der Waals surface area contributed by atoms with Gasteiger partial charge in [-0.25, -0.2) is 0 Å². The van der Waals surface area contributed by atoms with Crippen LogP contribution < -0.4 is 9.80 Å². The van der Waals surface area contributed by atoms with Crippen LogP contribution >= 0.6 is 0 Å². The molecule has 0 spiro atoms. The van der Waals surface area contributed by atoms with Crippen molar-refractivity contribution in [3.8, 4) is 0 Å². The van der Waals surface area contributed by atoms with Crippen molar-refractivity contribution in [2.75, 3.05) is 52.5 Å². The minimum absolute atomic E-state index is 0.148. The van der Waals surface area contributed by atoms with Crippen LogP contribution in [0, 0.1) is 0 Å². The molecule has 0 unspecified atom stereocenters. The average Bonchev–Trinajstić information content (AvgIpc) is 2.44. The van der Waals surface area contributed by atoms with Crippen LogP contribution in [0.3, 0.4) is 0 Å². The number of piperazine rings is 1. The van der Waals surface area contributed by atoms with E-state index in [1.54, 1.807) is 4.90 Å². The molecule has 2 rings (SSSR count). The highest BCUT2D eigenvalue weighted by molar-refractivity contribution is 4.62. The fourth-order valence-corrected chi connectivity index (χ4v) is 3.83. The molecule has 4 heteroatoms. The Kier molecular flexibility index (Phi) is 7.88. The highest BCUT2D eigenvalue weighted by atomic mass is 16.5. The monoisotopic (exact) mass is 286 g/mol. The summed E-state index contributed by atoms with van der Waals surface area (Å²) in [6.07, 6.45) is 10.2. The Morgan fingerprint density at radius 2 is 1.50 bits per heavy atom. The van der Waals surface area contributed by atoms with Gasteiger partial charge >= 0.3 is 0 Å². The van der Waals surface area contributed by atoms with Crippen LogP contribution in [0.25, 0.3) is 0 Å². The Balaban J connectivity index is 1.62. The van der Waals surface area contributed by atoms with E-state index in [1.165, 1.54) is 71.1 Å². The van der Waals surface area contributed by atoms with Crippen LogP contribution in [0.15, 0.2) is 0 Å². The first-order valence-corrected chi connectivity index (χ1v) is 8.77. The average molecular weight is 286 g/mol. The first-order valence-electron chi connectivity index (χ1n) is 8.77. The number of aliphatic hydroxyl groups is 1. The number of ether oxygens (including phenoxy) is 1. The van der Waals surface area contributed by atoms with Gasteiger partial charge in [-0.1, -0.05) is 19.3 Å². The van der Waals surface area contributed by atoms with Gasteiger partial charge in [0.2, 0.25) is 0 Å². The van der Waals surface area contributed by atoms with Gasteiger partial charge in [-0.15, -0.1) is 0 Å². The summed E-state index contributed by atoms with van der Waals surface area (Å²) in [4.78, 5) is 3.57. The number of quaternary nitrogens is 2. The molecule has 0 bridgehead atoms. The summed E-state index contributed by atoms with van der Waals surface area (Å²) in [5, 5.41) is 8.69. The van der Waals surface area contributed by atoms with Crippen molar-refractivity contribution >= 4 is 0 Å². The summed E-state index contributed by atoms with van der Waals surface area (Å²) < 4.78 is 5.38. The zero-order valence-electron chi connectivity index (χ0n) is 13.0. The molecule has 0 aromatic heterocycles. The topological polar surface area (TPSA) is 38.3 Å². The number of rotatable bonds is 6. The molecule has 20 heavy (non-hydrogen) atoms. The number of hydrogen-bond acceptors (Lipinski definition) is 2. The third-order valence-electron chi connectivity index (χ3n) is 5.12. The Morgan fingerprint density at radius 3 is 2.15 bits per heavy atom. The Bertz CT molecular complexity index is 235.